The van der Waals surface area contributed by atoms with Gasteiger partial charge >= 0.3 is 0 Å². The minimum atomic E-state index is -0.192. The molecule has 1 fully saturated rings. The zero-order valence-electron chi connectivity index (χ0n) is 16.8. The SMILES string of the molecule is CCN(CC)c1nc2ccccc2n(CC(=O)N2C(C)CCCC2C)c1=O. The first kappa shape index (κ1) is 19.4. The number of carbonyl (C=O) groups excluding carboxylic acids is 1. The lowest BCUT2D eigenvalue weighted by atomic mass is 9.97. The van der Waals surface area contributed by atoms with Crippen LogP contribution in [0.5, 0.6) is 0 Å². The average Bonchev–Trinajstić information content (AvgIpc) is 2.65. The number of carbonyl (C=O) groups is 1. The molecule has 0 spiro atoms. The van der Waals surface area contributed by atoms with E-state index in [-0.39, 0.29) is 30.1 Å². The van der Waals surface area contributed by atoms with E-state index in [0.29, 0.717) is 24.4 Å². The fourth-order valence-electron chi connectivity index (χ4n) is 4.19. The molecule has 1 amide bonds. The maximum atomic E-state index is 13.2. The molecule has 1 saturated heterocycles. The number of likely N-dealkylation sites (tertiary alicyclic amines) is 1. The van der Waals surface area contributed by atoms with E-state index in [1.54, 1.807) is 4.57 Å². The van der Waals surface area contributed by atoms with Gasteiger partial charge in [0.05, 0.1) is 11.0 Å². The van der Waals surface area contributed by atoms with Gasteiger partial charge < -0.3 is 9.80 Å². The van der Waals surface area contributed by atoms with E-state index in [0.717, 1.165) is 24.8 Å². The zero-order valence-corrected chi connectivity index (χ0v) is 16.8. The summed E-state index contributed by atoms with van der Waals surface area (Å²) < 4.78 is 1.60. The van der Waals surface area contributed by atoms with Crippen LogP contribution in [0.4, 0.5) is 5.82 Å². The van der Waals surface area contributed by atoms with Crippen LogP contribution in [0.25, 0.3) is 11.0 Å². The van der Waals surface area contributed by atoms with E-state index >= 15 is 0 Å². The Morgan fingerprint density at radius 2 is 1.78 bits per heavy atom. The minimum Gasteiger partial charge on any atom is -0.353 e. The highest BCUT2D eigenvalue weighted by atomic mass is 16.2. The lowest BCUT2D eigenvalue weighted by molar-refractivity contribution is -0.137. The van der Waals surface area contributed by atoms with Gasteiger partial charge in [-0.3, -0.25) is 14.2 Å². The molecule has 2 atom stereocenters. The normalized spacial score (nSPS) is 20.1. The summed E-state index contributed by atoms with van der Waals surface area (Å²) >= 11 is 0. The van der Waals surface area contributed by atoms with Crippen molar-refractivity contribution in [2.24, 2.45) is 0 Å². The molecule has 1 aromatic carbocycles. The van der Waals surface area contributed by atoms with Gasteiger partial charge in [-0.25, -0.2) is 4.98 Å². The average molecular weight is 370 g/mol. The Labute approximate surface area is 160 Å². The number of nitrogens with zero attached hydrogens (tertiary/aromatic N) is 4. The molecular weight excluding hydrogens is 340 g/mol. The standard InChI is InChI=1S/C21H30N4O2/c1-5-23(6-2)20-21(27)24(18-13-8-7-12-17(18)22-20)14-19(26)25-15(3)10-9-11-16(25)4/h7-8,12-13,15-16H,5-6,9-11,14H2,1-4H3. The van der Waals surface area contributed by atoms with Gasteiger partial charge in [-0.1, -0.05) is 12.1 Å². The Morgan fingerprint density at radius 1 is 1.15 bits per heavy atom. The Morgan fingerprint density at radius 3 is 2.41 bits per heavy atom. The zero-order chi connectivity index (χ0) is 19.6. The molecule has 2 aromatic rings. The van der Waals surface area contributed by atoms with Crippen molar-refractivity contribution in [3.05, 3.63) is 34.6 Å². The maximum Gasteiger partial charge on any atom is 0.294 e. The Balaban J connectivity index is 2.06. The quantitative estimate of drug-likeness (QED) is 0.812. The Kier molecular flexibility index (Phi) is 5.82. The second-order valence-corrected chi connectivity index (χ2v) is 7.42. The number of amides is 1. The second kappa shape index (κ2) is 8.11. The summed E-state index contributed by atoms with van der Waals surface area (Å²) in [6.07, 6.45) is 3.19. The van der Waals surface area contributed by atoms with E-state index < -0.39 is 0 Å². The molecule has 2 heterocycles. The predicted molar refractivity (Wildman–Crippen MR) is 109 cm³/mol. The maximum absolute atomic E-state index is 13.2. The summed E-state index contributed by atoms with van der Waals surface area (Å²) in [6.45, 7) is 9.67. The molecule has 0 aliphatic carbocycles. The highest BCUT2D eigenvalue weighted by Gasteiger charge is 2.29. The molecule has 1 aromatic heterocycles. The van der Waals surface area contributed by atoms with E-state index in [2.05, 4.69) is 18.8 Å². The van der Waals surface area contributed by atoms with Gasteiger partial charge in [-0.15, -0.1) is 0 Å². The van der Waals surface area contributed by atoms with Crippen molar-refractivity contribution in [2.75, 3.05) is 18.0 Å². The number of aromatic nitrogens is 2. The number of fused-ring (bicyclic) bond motifs is 1. The third kappa shape index (κ3) is 3.70. The summed E-state index contributed by atoms with van der Waals surface area (Å²) in [5.74, 6) is 0.435. The number of piperidine rings is 1. The van der Waals surface area contributed by atoms with Crippen LogP contribution in [0.3, 0.4) is 0 Å². The van der Waals surface area contributed by atoms with E-state index in [9.17, 15) is 9.59 Å². The van der Waals surface area contributed by atoms with Gasteiger partial charge in [0.1, 0.15) is 6.54 Å². The topological polar surface area (TPSA) is 58.4 Å². The van der Waals surface area contributed by atoms with Crippen LogP contribution >= 0.6 is 0 Å². The van der Waals surface area contributed by atoms with Crippen LogP contribution in [-0.4, -0.2) is 45.5 Å². The van der Waals surface area contributed by atoms with Crippen LogP contribution < -0.4 is 10.5 Å². The van der Waals surface area contributed by atoms with Crippen molar-refractivity contribution in [3.8, 4) is 0 Å². The molecule has 0 bridgehead atoms. The fourth-order valence-corrected chi connectivity index (χ4v) is 4.19. The molecule has 1 aliphatic heterocycles. The van der Waals surface area contributed by atoms with Crippen molar-refractivity contribution < 1.29 is 4.79 Å². The molecular formula is C21H30N4O2. The molecule has 0 saturated carbocycles. The molecule has 6 heteroatoms. The third-order valence-electron chi connectivity index (χ3n) is 5.67. The van der Waals surface area contributed by atoms with Crippen molar-refractivity contribution in [2.45, 2.75) is 65.6 Å². The number of hydrogen-bond donors (Lipinski definition) is 0. The highest BCUT2D eigenvalue weighted by Crippen LogP contribution is 2.23. The third-order valence-corrected chi connectivity index (χ3v) is 5.67. The van der Waals surface area contributed by atoms with E-state index in [1.807, 2.05) is 47.9 Å². The van der Waals surface area contributed by atoms with Crippen LogP contribution in [0.15, 0.2) is 29.1 Å². The Hall–Kier alpha value is -2.37. The summed E-state index contributed by atoms with van der Waals surface area (Å²) in [5.41, 5.74) is 1.26. The lowest BCUT2D eigenvalue weighted by Crippen LogP contribution is -2.49. The largest absolute Gasteiger partial charge is 0.353 e. The van der Waals surface area contributed by atoms with E-state index in [4.69, 9.17) is 0 Å². The summed E-state index contributed by atoms with van der Waals surface area (Å²) in [4.78, 5) is 34.8. The first-order valence-corrected chi connectivity index (χ1v) is 10.0. The van der Waals surface area contributed by atoms with Crippen LogP contribution in [0.1, 0.15) is 47.0 Å². The molecule has 27 heavy (non-hydrogen) atoms. The van der Waals surface area contributed by atoms with Crippen LogP contribution in [0, 0.1) is 0 Å². The Bertz CT molecular complexity index is 862. The smallest absolute Gasteiger partial charge is 0.294 e. The monoisotopic (exact) mass is 370 g/mol. The highest BCUT2D eigenvalue weighted by molar-refractivity contribution is 5.81. The van der Waals surface area contributed by atoms with Crippen molar-refractivity contribution >= 4 is 22.8 Å². The number of benzene rings is 1. The number of rotatable bonds is 5. The lowest BCUT2D eigenvalue weighted by Gasteiger charge is -2.39. The van der Waals surface area contributed by atoms with Crippen LogP contribution in [0.2, 0.25) is 0 Å². The van der Waals surface area contributed by atoms with E-state index in [1.165, 1.54) is 0 Å². The van der Waals surface area contributed by atoms with Crippen molar-refractivity contribution in [3.63, 3.8) is 0 Å². The summed E-state index contributed by atoms with van der Waals surface area (Å²) in [7, 11) is 0. The molecule has 6 nitrogen and oxygen atoms in total. The van der Waals surface area contributed by atoms with Crippen LogP contribution in [-0.2, 0) is 11.3 Å². The molecule has 0 radical (unpaired) electrons. The minimum absolute atomic E-state index is 0.0126. The molecule has 2 unspecified atom stereocenters. The molecule has 146 valence electrons. The van der Waals surface area contributed by atoms with Crippen molar-refractivity contribution in [1.29, 1.82) is 0 Å². The predicted octanol–water partition coefficient (Wildman–Crippen LogP) is 3.03. The molecule has 0 N–H and O–H groups in total. The van der Waals surface area contributed by atoms with Gasteiger partial charge in [0, 0.05) is 25.2 Å². The van der Waals surface area contributed by atoms with Gasteiger partial charge in [0.2, 0.25) is 5.91 Å². The van der Waals surface area contributed by atoms with Gasteiger partial charge in [-0.05, 0) is 59.1 Å². The number of hydrogen-bond acceptors (Lipinski definition) is 4. The summed E-state index contributed by atoms with van der Waals surface area (Å²) in [6, 6.07) is 7.99. The fraction of sp³-hybridized carbons (Fsp3) is 0.571. The van der Waals surface area contributed by atoms with Gasteiger partial charge in [0.25, 0.3) is 5.56 Å². The first-order chi connectivity index (χ1) is 13.0. The first-order valence-electron chi connectivity index (χ1n) is 10.0. The number of anilines is 1. The van der Waals surface area contributed by atoms with Gasteiger partial charge in [0.15, 0.2) is 5.82 Å². The second-order valence-electron chi connectivity index (χ2n) is 7.42. The molecule has 3 rings (SSSR count). The summed E-state index contributed by atoms with van der Waals surface area (Å²) in [5, 5.41) is 0. The van der Waals surface area contributed by atoms with Gasteiger partial charge in [-0.2, -0.15) is 0 Å². The van der Waals surface area contributed by atoms with Crippen molar-refractivity contribution in [1.82, 2.24) is 14.5 Å². The number of para-hydroxylation sites is 2. The molecule has 1 aliphatic rings.